The molecule has 1 atom stereocenters. The van der Waals surface area contributed by atoms with Gasteiger partial charge in [0, 0.05) is 47.4 Å². The van der Waals surface area contributed by atoms with Crippen LogP contribution in [0.4, 0.5) is 20.3 Å². The Balaban J connectivity index is 1.23. The number of hydrogen-bond acceptors (Lipinski definition) is 9. The number of methoxy groups -OCH3 is 2. The molecule has 11 nitrogen and oxygen atoms in total. The number of anilines is 2. The van der Waals surface area contributed by atoms with Crippen molar-refractivity contribution in [3.63, 3.8) is 0 Å². The summed E-state index contributed by atoms with van der Waals surface area (Å²) in [5, 5.41) is 4.15. The Morgan fingerprint density at radius 2 is 1.84 bits per heavy atom. The summed E-state index contributed by atoms with van der Waals surface area (Å²) in [5.41, 5.74) is 3.74. The maximum atomic E-state index is 13.9. The van der Waals surface area contributed by atoms with Crippen LogP contribution in [-0.2, 0) is 26.6 Å². The number of sulfonamides is 1. The Morgan fingerprint density at radius 1 is 1.11 bits per heavy atom. The van der Waals surface area contributed by atoms with Crippen LogP contribution >= 0.6 is 0 Å². The highest BCUT2D eigenvalue weighted by Crippen LogP contribution is 2.59. The van der Waals surface area contributed by atoms with Gasteiger partial charge in [0.05, 0.1) is 27.4 Å². The van der Waals surface area contributed by atoms with Crippen molar-refractivity contribution in [2.75, 3.05) is 56.7 Å². The Morgan fingerprint density at radius 3 is 2.45 bits per heavy atom. The highest BCUT2D eigenvalue weighted by molar-refractivity contribution is 7.93. The Kier molecular flexibility index (Phi) is 6.96. The molecule has 1 saturated carbocycles. The van der Waals surface area contributed by atoms with Crippen molar-refractivity contribution in [3.8, 4) is 22.8 Å². The zero-order valence-electron chi connectivity index (χ0n) is 24.3. The van der Waals surface area contributed by atoms with Crippen LogP contribution in [0.2, 0.25) is 0 Å². The van der Waals surface area contributed by atoms with Gasteiger partial charge in [0.25, 0.3) is 22.4 Å². The molecule has 4 aliphatic rings. The van der Waals surface area contributed by atoms with Gasteiger partial charge < -0.3 is 28.5 Å². The number of nitrogens with zero attached hydrogens (tertiary/aromatic N) is 3. The number of morpholine rings is 1. The summed E-state index contributed by atoms with van der Waals surface area (Å²) in [7, 11) is -1.90. The van der Waals surface area contributed by atoms with Crippen LogP contribution in [0.5, 0.6) is 11.5 Å². The van der Waals surface area contributed by atoms with E-state index in [1.54, 1.807) is 0 Å². The van der Waals surface area contributed by atoms with Crippen LogP contribution in [0.1, 0.15) is 40.7 Å². The lowest BCUT2D eigenvalue weighted by molar-refractivity contribution is -0.0580. The van der Waals surface area contributed by atoms with Crippen molar-refractivity contribution in [1.29, 1.82) is 0 Å². The Hall–Kier alpha value is -3.91. The number of halogens is 2. The van der Waals surface area contributed by atoms with Gasteiger partial charge in [-0.15, -0.1) is 0 Å². The molecule has 2 aliphatic carbocycles. The summed E-state index contributed by atoms with van der Waals surface area (Å²) in [6.07, 6.45) is 0.863. The van der Waals surface area contributed by atoms with E-state index in [4.69, 9.17) is 18.7 Å². The van der Waals surface area contributed by atoms with Crippen molar-refractivity contribution in [1.82, 2.24) is 10.1 Å². The Bertz CT molecular complexity index is 1710. The summed E-state index contributed by atoms with van der Waals surface area (Å²) >= 11 is 0. The van der Waals surface area contributed by atoms with Crippen LogP contribution in [-0.4, -0.2) is 83.9 Å². The molecule has 0 bridgehead atoms. The number of ether oxygens (including phenoxy) is 3. The zero-order valence-corrected chi connectivity index (χ0v) is 25.1. The summed E-state index contributed by atoms with van der Waals surface area (Å²) in [6.45, 7) is 1.74. The highest BCUT2D eigenvalue weighted by Gasteiger charge is 2.51. The third kappa shape index (κ3) is 4.66. The molecule has 2 saturated heterocycles. The number of alkyl halides is 2. The predicted octanol–water partition coefficient (Wildman–Crippen LogP) is 4.06. The minimum Gasteiger partial charge on any atom is -0.495 e. The molecule has 3 heterocycles. The van der Waals surface area contributed by atoms with E-state index in [-0.39, 0.29) is 52.9 Å². The van der Waals surface area contributed by atoms with Gasteiger partial charge in [-0.3, -0.25) is 9.52 Å². The van der Waals surface area contributed by atoms with Gasteiger partial charge in [0.15, 0.2) is 16.5 Å². The number of fused-ring (bicyclic) bond motifs is 4. The first-order chi connectivity index (χ1) is 21.2. The van der Waals surface area contributed by atoms with Crippen molar-refractivity contribution in [2.45, 2.75) is 48.5 Å². The molecule has 2 aromatic carbocycles. The second-order valence-corrected chi connectivity index (χ2v) is 13.3. The second kappa shape index (κ2) is 10.6. The number of carbonyl (C=O) groups is 1. The van der Waals surface area contributed by atoms with E-state index < -0.39 is 28.4 Å². The fraction of sp³-hybridized carbons (Fsp3) is 0.467. The first-order valence-corrected chi connectivity index (χ1v) is 16.0. The van der Waals surface area contributed by atoms with Gasteiger partial charge in [-0.1, -0.05) is 11.2 Å². The van der Waals surface area contributed by atoms with Gasteiger partial charge in [-0.25, -0.2) is 17.2 Å². The van der Waals surface area contributed by atoms with E-state index in [1.807, 2.05) is 0 Å². The van der Waals surface area contributed by atoms with E-state index in [0.717, 1.165) is 48.5 Å². The minimum atomic E-state index is -4.40. The van der Waals surface area contributed by atoms with Gasteiger partial charge in [-0.2, -0.15) is 0 Å². The smallest absolute Gasteiger partial charge is 0.270 e. The van der Waals surface area contributed by atoms with Crippen LogP contribution < -0.4 is 19.1 Å². The number of carbonyl (C=O) groups excluding carboxylic acids is 1. The number of hydrogen-bond donors (Lipinski definition) is 1. The Labute approximate surface area is 253 Å². The summed E-state index contributed by atoms with van der Waals surface area (Å²) in [6, 6.07) is 7.39. The normalized spacial score (nSPS) is 20.2. The first-order valence-electron chi connectivity index (χ1n) is 14.5. The average Bonchev–Trinajstić information content (AvgIpc) is 3.66. The summed E-state index contributed by atoms with van der Waals surface area (Å²) < 4.78 is 79.4. The van der Waals surface area contributed by atoms with E-state index in [1.165, 1.54) is 31.9 Å². The average molecular weight is 631 g/mol. The van der Waals surface area contributed by atoms with Crippen LogP contribution in [0.25, 0.3) is 11.3 Å². The fourth-order valence-corrected chi connectivity index (χ4v) is 7.78. The molecule has 7 rings (SSSR count). The van der Waals surface area contributed by atoms with Gasteiger partial charge in [0.1, 0.15) is 17.5 Å². The predicted molar refractivity (Wildman–Crippen MR) is 155 cm³/mol. The number of nitrogens with one attached hydrogen (secondary N) is 1. The third-order valence-electron chi connectivity index (χ3n) is 9.12. The second-order valence-electron chi connectivity index (χ2n) is 11.7. The molecule has 1 aromatic heterocycles. The molecule has 44 heavy (non-hydrogen) atoms. The van der Waals surface area contributed by atoms with Crippen molar-refractivity contribution < 1.29 is 40.7 Å². The van der Waals surface area contributed by atoms with Gasteiger partial charge in [0.2, 0.25) is 0 Å². The molecule has 1 spiro atoms. The SMILES string of the molecule is COc1cc(C(=O)N2CCOC[C@@H]2C(F)F)cc(OC)c1S(=O)(=O)Nc1noc2c1CC1(CC1)c1ccc(N3CCC3)cc1-2. The van der Waals surface area contributed by atoms with Crippen molar-refractivity contribution in [3.05, 3.63) is 47.0 Å². The van der Waals surface area contributed by atoms with E-state index >= 15 is 0 Å². The van der Waals surface area contributed by atoms with Crippen molar-refractivity contribution >= 4 is 27.4 Å². The lowest BCUT2D eigenvalue weighted by atomic mass is 9.79. The largest absolute Gasteiger partial charge is 0.495 e. The lowest BCUT2D eigenvalue weighted by Crippen LogP contribution is -2.52. The quantitative estimate of drug-likeness (QED) is 0.393. The number of benzene rings is 2. The zero-order chi connectivity index (χ0) is 30.8. The maximum absolute atomic E-state index is 13.9. The number of amides is 1. The molecule has 14 heteroatoms. The molecule has 1 amide bonds. The molecule has 1 N–H and O–H groups in total. The van der Waals surface area contributed by atoms with E-state index in [9.17, 15) is 22.0 Å². The summed E-state index contributed by atoms with van der Waals surface area (Å²) in [4.78, 5) is 16.3. The molecule has 0 radical (unpaired) electrons. The molecule has 3 fully saturated rings. The molecular weight excluding hydrogens is 598 g/mol. The van der Waals surface area contributed by atoms with E-state index in [0.29, 0.717) is 17.7 Å². The van der Waals surface area contributed by atoms with Gasteiger partial charge in [-0.05, 0) is 55.5 Å². The molecule has 0 unspecified atom stereocenters. The van der Waals surface area contributed by atoms with Crippen LogP contribution in [0.15, 0.2) is 39.8 Å². The molecular formula is C30H32F2N4O7S. The molecule has 234 valence electrons. The number of rotatable bonds is 8. The number of aromatic nitrogens is 1. The lowest BCUT2D eigenvalue weighted by Gasteiger charge is -2.35. The standard InChI is InChI=1S/C30H32F2N4O7S/c1-40-23-12-17(29(37)36-10-11-42-16-22(36)27(31)32)13-24(41-2)26(23)44(38,39)34-28-20-15-30(6-7-30)21-5-4-18(35-8-3-9-35)14-19(21)25(20)43-33-28/h4-5,12-14,22,27H,3,6-11,15-16H2,1-2H3,(H,33,34)/t22-/m1/s1. The molecule has 2 aliphatic heterocycles. The highest BCUT2D eigenvalue weighted by atomic mass is 32.2. The van der Waals surface area contributed by atoms with E-state index in [2.05, 4.69) is 33.0 Å². The van der Waals surface area contributed by atoms with Crippen LogP contribution in [0.3, 0.4) is 0 Å². The monoisotopic (exact) mass is 630 g/mol. The maximum Gasteiger partial charge on any atom is 0.270 e. The molecule has 3 aromatic rings. The van der Waals surface area contributed by atoms with Crippen molar-refractivity contribution in [2.24, 2.45) is 0 Å². The summed E-state index contributed by atoms with van der Waals surface area (Å²) in [5.74, 6) is -0.492. The topological polar surface area (TPSA) is 123 Å². The van der Waals surface area contributed by atoms with Crippen LogP contribution in [0, 0.1) is 0 Å². The van der Waals surface area contributed by atoms with Gasteiger partial charge >= 0.3 is 0 Å². The minimum absolute atomic E-state index is 0.0402. The third-order valence-corrected chi connectivity index (χ3v) is 10.5. The first kappa shape index (κ1) is 28.8. The fourth-order valence-electron chi connectivity index (χ4n) is 6.45.